The van der Waals surface area contributed by atoms with Crippen LogP contribution in [0.3, 0.4) is 0 Å². The number of amides is 2. The third kappa shape index (κ3) is 2.20. The minimum atomic E-state index is -0.828. The zero-order valence-corrected chi connectivity index (χ0v) is 8.19. The average Bonchev–Trinajstić information content (AvgIpc) is 2.33. The van der Waals surface area contributed by atoms with Gasteiger partial charge in [-0.3, -0.25) is 4.21 Å². The van der Waals surface area contributed by atoms with Crippen molar-refractivity contribution in [2.75, 3.05) is 25.1 Å². The second kappa shape index (κ2) is 3.89. The Morgan fingerprint density at radius 3 is 2.83 bits per heavy atom. The molecule has 1 N–H and O–H groups in total. The van der Waals surface area contributed by atoms with Crippen LogP contribution < -0.4 is 5.32 Å². The summed E-state index contributed by atoms with van der Waals surface area (Å²) in [4.78, 5) is 12.8. The molecule has 0 aromatic heterocycles. The second-order valence-corrected chi connectivity index (χ2v) is 4.49. The lowest BCUT2D eigenvalue weighted by Crippen LogP contribution is -2.39. The first-order valence-electron chi connectivity index (χ1n) is 3.95. The first-order chi connectivity index (χ1) is 5.61. The Morgan fingerprint density at radius 1 is 1.75 bits per heavy atom. The van der Waals surface area contributed by atoms with E-state index in [1.165, 1.54) is 0 Å². The van der Waals surface area contributed by atoms with Gasteiger partial charge in [0.05, 0.1) is 0 Å². The van der Waals surface area contributed by atoms with Crippen molar-refractivity contribution in [3.8, 4) is 0 Å². The highest BCUT2D eigenvalue weighted by atomic mass is 32.2. The molecule has 0 saturated carbocycles. The van der Waals surface area contributed by atoms with Crippen molar-refractivity contribution in [2.45, 2.75) is 13.0 Å². The summed E-state index contributed by atoms with van der Waals surface area (Å²) >= 11 is 0. The number of nitrogens with one attached hydrogen (secondary N) is 1. The fourth-order valence-corrected chi connectivity index (χ4v) is 2.20. The molecule has 5 heteroatoms. The fourth-order valence-electron chi connectivity index (χ4n) is 1.34. The zero-order valence-electron chi connectivity index (χ0n) is 7.37. The third-order valence-corrected chi connectivity index (χ3v) is 2.85. The lowest BCUT2D eigenvalue weighted by atomic mass is 10.3. The highest BCUT2D eigenvalue weighted by Gasteiger charge is 2.24. The summed E-state index contributed by atoms with van der Waals surface area (Å²) in [5.41, 5.74) is 0. The predicted octanol–water partition coefficient (Wildman–Crippen LogP) is -0.221. The Kier molecular flexibility index (Phi) is 3.08. The van der Waals surface area contributed by atoms with Crippen LogP contribution in [0.15, 0.2) is 0 Å². The summed E-state index contributed by atoms with van der Waals surface area (Å²) in [6.45, 7) is 3.36. The van der Waals surface area contributed by atoms with Crippen LogP contribution in [0.5, 0.6) is 0 Å². The van der Waals surface area contributed by atoms with Crippen LogP contribution in [-0.4, -0.2) is 46.3 Å². The molecule has 1 rings (SSSR count). The van der Waals surface area contributed by atoms with Crippen molar-refractivity contribution in [1.82, 2.24) is 10.2 Å². The molecule has 0 aromatic rings. The normalized spacial score (nSPS) is 22.2. The summed E-state index contributed by atoms with van der Waals surface area (Å²) < 4.78 is 10.9. The molecule has 12 heavy (non-hydrogen) atoms. The summed E-state index contributed by atoms with van der Waals surface area (Å²) in [5.74, 6) is 0.563. The van der Waals surface area contributed by atoms with Gasteiger partial charge in [-0.1, -0.05) is 0 Å². The van der Waals surface area contributed by atoms with E-state index in [0.717, 1.165) is 6.54 Å². The van der Waals surface area contributed by atoms with E-state index in [1.807, 2.05) is 6.92 Å². The number of carbonyl (C=O) groups is 1. The molecule has 70 valence electrons. The van der Waals surface area contributed by atoms with Gasteiger partial charge in [0.25, 0.3) is 0 Å². The number of hydrogen-bond acceptors (Lipinski definition) is 2. The van der Waals surface area contributed by atoms with Crippen molar-refractivity contribution in [3.05, 3.63) is 0 Å². The molecule has 0 spiro atoms. The number of hydrogen-bond donors (Lipinski definition) is 1. The Hall–Kier alpha value is -0.580. The number of carbonyl (C=O) groups excluding carboxylic acids is 1. The smallest absolute Gasteiger partial charge is 0.317 e. The first kappa shape index (κ1) is 9.51. The standard InChI is InChI=1S/C7H14N2O2S/c1-6(5-12(2)11)9-4-3-8-7(9)10/h6H,3-5H2,1-2H3,(H,8,10). The maximum absolute atomic E-state index is 11.1. The van der Waals surface area contributed by atoms with Gasteiger partial charge in [-0.05, 0) is 6.92 Å². The minimum Gasteiger partial charge on any atom is -0.336 e. The monoisotopic (exact) mass is 190 g/mol. The van der Waals surface area contributed by atoms with Crippen molar-refractivity contribution >= 4 is 16.8 Å². The zero-order chi connectivity index (χ0) is 9.14. The van der Waals surface area contributed by atoms with Gasteiger partial charge in [0.2, 0.25) is 0 Å². The van der Waals surface area contributed by atoms with Gasteiger partial charge in [0.1, 0.15) is 0 Å². The third-order valence-electron chi connectivity index (χ3n) is 1.90. The molecule has 2 atom stereocenters. The lowest BCUT2D eigenvalue weighted by molar-refractivity contribution is 0.206. The predicted molar refractivity (Wildman–Crippen MR) is 48.5 cm³/mol. The molecule has 4 nitrogen and oxygen atoms in total. The molecule has 2 amide bonds. The molecule has 2 unspecified atom stereocenters. The minimum absolute atomic E-state index is 0.0343. The van der Waals surface area contributed by atoms with Crippen LogP contribution in [-0.2, 0) is 10.8 Å². The van der Waals surface area contributed by atoms with Crippen LogP contribution in [0.25, 0.3) is 0 Å². The summed E-state index contributed by atoms with van der Waals surface area (Å²) in [6.07, 6.45) is 1.66. The van der Waals surface area contributed by atoms with Crippen molar-refractivity contribution in [3.63, 3.8) is 0 Å². The highest BCUT2D eigenvalue weighted by molar-refractivity contribution is 7.84. The van der Waals surface area contributed by atoms with E-state index in [0.29, 0.717) is 12.3 Å². The molecule has 0 aromatic carbocycles. The molecule has 1 aliphatic heterocycles. The van der Waals surface area contributed by atoms with E-state index in [2.05, 4.69) is 5.32 Å². The van der Waals surface area contributed by atoms with E-state index in [9.17, 15) is 9.00 Å². The topological polar surface area (TPSA) is 49.4 Å². The van der Waals surface area contributed by atoms with Crippen LogP contribution in [0.1, 0.15) is 6.92 Å². The molecule has 1 heterocycles. The largest absolute Gasteiger partial charge is 0.336 e. The summed E-state index contributed by atoms with van der Waals surface area (Å²) in [6, 6.07) is 0.0475. The number of rotatable bonds is 3. The molecule has 1 aliphatic rings. The molecule has 0 radical (unpaired) electrons. The van der Waals surface area contributed by atoms with E-state index in [4.69, 9.17) is 0 Å². The van der Waals surface area contributed by atoms with Gasteiger partial charge in [-0.15, -0.1) is 0 Å². The lowest BCUT2D eigenvalue weighted by Gasteiger charge is -2.21. The number of urea groups is 1. The Bertz CT molecular complexity index is 208. The quantitative estimate of drug-likeness (QED) is 0.669. The van der Waals surface area contributed by atoms with Crippen molar-refractivity contribution in [2.24, 2.45) is 0 Å². The van der Waals surface area contributed by atoms with Crippen LogP contribution >= 0.6 is 0 Å². The van der Waals surface area contributed by atoms with Crippen molar-refractivity contribution in [1.29, 1.82) is 0 Å². The van der Waals surface area contributed by atoms with Gasteiger partial charge < -0.3 is 10.2 Å². The van der Waals surface area contributed by atoms with Crippen molar-refractivity contribution < 1.29 is 9.00 Å². The van der Waals surface area contributed by atoms with Gasteiger partial charge in [0.15, 0.2) is 0 Å². The maximum Gasteiger partial charge on any atom is 0.317 e. The Labute approximate surface area is 74.8 Å². The van der Waals surface area contributed by atoms with Gasteiger partial charge in [0, 0.05) is 41.9 Å². The SMILES string of the molecule is CC(CS(C)=O)N1CCNC1=O. The fraction of sp³-hybridized carbons (Fsp3) is 0.857. The maximum atomic E-state index is 11.1. The van der Waals surface area contributed by atoms with E-state index in [1.54, 1.807) is 11.2 Å². The molecule has 0 aliphatic carbocycles. The molecule has 0 bridgehead atoms. The van der Waals surface area contributed by atoms with E-state index < -0.39 is 10.8 Å². The Balaban J connectivity index is 2.45. The van der Waals surface area contributed by atoms with Crippen LogP contribution in [0.2, 0.25) is 0 Å². The highest BCUT2D eigenvalue weighted by Crippen LogP contribution is 2.04. The molecule has 1 fully saturated rings. The average molecular weight is 190 g/mol. The summed E-state index contributed by atoms with van der Waals surface area (Å²) in [5, 5.41) is 2.71. The van der Waals surface area contributed by atoms with E-state index >= 15 is 0 Å². The van der Waals surface area contributed by atoms with Gasteiger partial charge >= 0.3 is 6.03 Å². The molecule has 1 saturated heterocycles. The first-order valence-corrected chi connectivity index (χ1v) is 5.68. The van der Waals surface area contributed by atoms with Gasteiger partial charge in [-0.25, -0.2) is 4.79 Å². The molecular weight excluding hydrogens is 176 g/mol. The number of nitrogens with zero attached hydrogens (tertiary/aromatic N) is 1. The molecular formula is C7H14N2O2S. The van der Waals surface area contributed by atoms with Crippen LogP contribution in [0, 0.1) is 0 Å². The summed E-state index contributed by atoms with van der Waals surface area (Å²) in [7, 11) is -0.828. The van der Waals surface area contributed by atoms with Crippen LogP contribution in [0.4, 0.5) is 4.79 Å². The Morgan fingerprint density at radius 2 is 2.42 bits per heavy atom. The second-order valence-electron chi connectivity index (χ2n) is 3.01. The van der Waals surface area contributed by atoms with E-state index in [-0.39, 0.29) is 12.1 Å². The van der Waals surface area contributed by atoms with Gasteiger partial charge in [-0.2, -0.15) is 0 Å².